The second-order valence-electron chi connectivity index (χ2n) is 7.29. The van der Waals surface area contributed by atoms with E-state index in [0.29, 0.717) is 11.1 Å². The second kappa shape index (κ2) is 8.58. The lowest BCUT2D eigenvalue weighted by atomic mass is 9.98. The Hall–Kier alpha value is -3.69. The number of hydrogen-bond donors (Lipinski definition) is 1. The molecule has 1 aliphatic heterocycles. The number of nitrogens with one attached hydrogen (secondary N) is 1. The molecule has 0 radical (unpaired) electrons. The maximum absolute atomic E-state index is 6.39. The van der Waals surface area contributed by atoms with E-state index in [-0.39, 0.29) is 0 Å². The zero-order valence-electron chi connectivity index (χ0n) is 16.7. The van der Waals surface area contributed by atoms with E-state index in [4.69, 9.17) is 16.6 Å². The lowest BCUT2D eigenvalue weighted by molar-refractivity contribution is 0.762. The van der Waals surface area contributed by atoms with Gasteiger partial charge in [-0.05, 0) is 33.9 Å². The molecule has 0 bridgehead atoms. The molecule has 1 heterocycles. The van der Waals surface area contributed by atoms with Gasteiger partial charge in [-0.15, -0.1) is 0 Å². The van der Waals surface area contributed by atoms with Crippen LogP contribution in [-0.4, -0.2) is 11.1 Å². The van der Waals surface area contributed by atoms with Crippen molar-refractivity contribution in [1.29, 1.82) is 0 Å². The molecule has 1 atom stereocenters. The maximum atomic E-state index is 6.39. The Morgan fingerprint density at radius 2 is 1.10 bits per heavy atom. The number of amidine groups is 2. The van der Waals surface area contributed by atoms with Crippen LogP contribution in [0.2, 0.25) is 0 Å². The normalized spacial score (nSPS) is 15.6. The predicted molar refractivity (Wildman–Crippen MR) is 129 cm³/mol. The Kier molecular flexibility index (Phi) is 5.34. The van der Waals surface area contributed by atoms with Gasteiger partial charge in [0.1, 0.15) is 5.84 Å². The van der Waals surface area contributed by atoms with Crippen molar-refractivity contribution in [2.24, 2.45) is 9.98 Å². The largest absolute Gasteiger partial charge is 0.315 e. The lowest BCUT2D eigenvalue weighted by Crippen LogP contribution is -2.32. The predicted octanol–water partition coefficient (Wildman–Crippen LogP) is 6.66. The van der Waals surface area contributed by atoms with Crippen LogP contribution in [0.3, 0.4) is 0 Å². The summed E-state index contributed by atoms with van der Waals surface area (Å²) in [6, 6.07) is 37.1. The molecule has 4 heteroatoms. The highest BCUT2D eigenvalue weighted by Crippen LogP contribution is 2.32. The topological polar surface area (TPSA) is 36.8 Å². The second-order valence-corrected chi connectivity index (χ2v) is 7.65. The average molecular weight is 422 g/mol. The summed E-state index contributed by atoms with van der Waals surface area (Å²) in [5.74, 6) is 0.715. The van der Waals surface area contributed by atoms with Gasteiger partial charge in [-0.2, -0.15) is 0 Å². The summed E-state index contributed by atoms with van der Waals surface area (Å²) in [6.45, 7) is 0. The van der Waals surface area contributed by atoms with Gasteiger partial charge in [-0.1, -0.05) is 109 Å². The Morgan fingerprint density at radius 3 is 1.81 bits per heavy atom. The van der Waals surface area contributed by atoms with Crippen LogP contribution in [0.15, 0.2) is 119 Å². The number of nitrogens with zero attached hydrogens (tertiary/aromatic N) is 2. The first-order valence-corrected chi connectivity index (χ1v) is 10.5. The summed E-state index contributed by atoms with van der Waals surface area (Å²) in [5.41, 5.74) is 6.56. The number of rotatable bonds is 4. The summed E-state index contributed by atoms with van der Waals surface area (Å²) in [7, 11) is 0. The van der Waals surface area contributed by atoms with E-state index in [9.17, 15) is 0 Å². The third-order valence-corrected chi connectivity index (χ3v) is 5.49. The molecule has 3 nitrogen and oxygen atoms in total. The summed E-state index contributed by atoms with van der Waals surface area (Å²) in [4.78, 5) is 9.46. The first-order chi connectivity index (χ1) is 15.3. The highest BCUT2D eigenvalue weighted by Gasteiger charge is 2.21. The van der Waals surface area contributed by atoms with Crippen LogP contribution in [0.5, 0.6) is 0 Å². The van der Waals surface area contributed by atoms with Crippen molar-refractivity contribution in [1.82, 2.24) is 5.32 Å². The first kappa shape index (κ1) is 19.3. The van der Waals surface area contributed by atoms with Gasteiger partial charge in [0.25, 0.3) is 0 Å². The van der Waals surface area contributed by atoms with Crippen molar-refractivity contribution in [3.05, 3.63) is 120 Å². The van der Waals surface area contributed by atoms with Crippen LogP contribution in [0.4, 0.5) is 0 Å². The van der Waals surface area contributed by atoms with Crippen LogP contribution in [0.1, 0.15) is 17.3 Å². The van der Waals surface area contributed by atoms with Crippen LogP contribution < -0.4 is 5.32 Å². The van der Waals surface area contributed by atoms with Gasteiger partial charge < -0.3 is 5.32 Å². The van der Waals surface area contributed by atoms with Crippen LogP contribution in [-0.2, 0) is 0 Å². The van der Waals surface area contributed by atoms with Crippen LogP contribution in [0.25, 0.3) is 22.3 Å². The van der Waals surface area contributed by atoms with Crippen molar-refractivity contribution in [3.63, 3.8) is 0 Å². The van der Waals surface area contributed by atoms with Crippen LogP contribution in [0, 0.1) is 0 Å². The molecule has 0 saturated heterocycles. The van der Waals surface area contributed by atoms with Gasteiger partial charge >= 0.3 is 0 Å². The van der Waals surface area contributed by atoms with Gasteiger partial charge in [0, 0.05) is 11.1 Å². The van der Waals surface area contributed by atoms with Gasteiger partial charge in [0.2, 0.25) is 0 Å². The summed E-state index contributed by atoms with van der Waals surface area (Å²) in [6.07, 6.45) is -0.408. The maximum Gasteiger partial charge on any atom is 0.199 e. The fourth-order valence-corrected chi connectivity index (χ4v) is 3.94. The molecule has 5 rings (SSSR count). The molecule has 1 aliphatic rings. The molecule has 150 valence electrons. The smallest absolute Gasteiger partial charge is 0.199 e. The van der Waals surface area contributed by atoms with E-state index >= 15 is 0 Å². The lowest BCUT2D eigenvalue weighted by Gasteiger charge is -2.21. The van der Waals surface area contributed by atoms with Crippen molar-refractivity contribution in [2.45, 2.75) is 6.17 Å². The monoisotopic (exact) mass is 421 g/mol. The Labute approximate surface area is 186 Å². The van der Waals surface area contributed by atoms with Crippen molar-refractivity contribution in [2.75, 3.05) is 0 Å². The highest BCUT2D eigenvalue weighted by molar-refractivity contribution is 6.66. The average Bonchev–Trinajstić information content (AvgIpc) is 2.85. The molecule has 0 spiro atoms. The van der Waals surface area contributed by atoms with Crippen molar-refractivity contribution in [3.8, 4) is 22.3 Å². The minimum Gasteiger partial charge on any atom is -0.315 e. The Balaban J connectivity index is 1.50. The SMILES string of the molecule is ClC1=NC(c2ccccc2-c2ccccc2)N=C(c2ccc(-c3ccccc3)cc2)N1. The number of benzene rings is 4. The van der Waals surface area contributed by atoms with Crippen LogP contribution >= 0.6 is 11.6 Å². The summed E-state index contributed by atoms with van der Waals surface area (Å²) in [5, 5.41) is 3.45. The first-order valence-electron chi connectivity index (χ1n) is 10.2. The fraction of sp³-hybridized carbons (Fsp3) is 0.0370. The molecule has 0 saturated carbocycles. The van der Waals surface area contributed by atoms with E-state index in [0.717, 1.165) is 27.8 Å². The minimum absolute atomic E-state index is 0.338. The summed E-state index contributed by atoms with van der Waals surface area (Å²) >= 11 is 6.39. The molecular formula is C27H20ClN3. The van der Waals surface area contributed by atoms with Crippen molar-refractivity contribution >= 4 is 22.7 Å². The quantitative estimate of drug-likeness (QED) is 0.367. The summed E-state index contributed by atoms with van der Waals surface area (Å²) < 4.78 is 0. The van der Waals surface area contributed by atoms with E-state index in [1.54, 1.807) is 0 Å². The molecule has 4 aromatic carbocycles. The third-order valence-electron chi connectivity index (χ3n) is 5.30. The number of aliphatic imine (C=N–C) groups is 2. The molecule has 4 aromatic rings. The Bertz CT molecular complexity index is 1250. The van der Waals surface area contributed by atoms with Gasteiger partial charge in [-0.3, -0.25) is 0 Å². The van der Waals surface area contributed by atoms with Gasteiger partial charge in [0.05, 0.1) is 0 Å². The number of halogens is 1. The van der Waals surface area contributed by atoms with E-state index < -0.39 is 6.17 Å². The van der Waals surface area contributed by atoms with E-state index in [1.807, 2.05) is 48.5 Å². The Morgan fingerprint density at radius 1 is 0.548 bits per heavy atom. The molecule has 31 heavy (non-hydrogen) atoms. The fourth-order valence-electron chi connectivity index (χ4n) is 3.76. The molecule has 0 aliphatic carbocycles. The molecule has 1 unspecified atom stereocenters. The van der Waals surface area contributed by atoms with E-state index in [2.05, 4.69) is 71.0 Å². The highest BCUT2D eigenvalue weighted by atomic mass is 35.5. The molecule has 1 N–H and O–H groups in total. The molecular weight excluding hydrogens is 402 g/mol. The van der Waals surface area contributed by atoms with E-state index in [1.165, 1.54) is 5.56 Å². The zero-order chi connectivity index (χ0) is 21.0. The van der Waals surface area contributed by atoms with Crippen molar-refractivity contribution < 1.29 is 0 Å². The third kappa shape index (κ3) is 4.14. The van der Waals surface area contributed by atoms with Gasteiger partial charge in [-0.25, -0.2) is 9.98 Å². The minimum atomic E-state index is -0.408. The zero-order valence-corrected chi connectivity index (χ0v) is 17.5. The number of hydrogen-bond acceptors (Lipinski definition) is 3. The van der Waals surface area contributed by atoms with Gasteiger partial charge in [0.15, 0.2) is 11.5 Å². The standard InChI is InChI=1S/C27H20ClN3/c28-27-30-25(22-17-15-20(16-18-22)19-9-3-1-4-10-19)29-26(31-27)24-14-8-7-13-23(24)21-11-5-2-6-12-21/h1-18,26H,(H,29,30,31). The molecule has 0 amide bonds. The molecule has 0 fully saturated rings. The molecule has 0 aromatic heterocycles.